The van der Waals surface area contributed by atoms with Gasteiger partial charge in [0.2, 0.25) is 0 Å². The van der Waals surface area contributed by atoms with Gasteiger partial charge in [-0.15, -0.1) is 0 Å². The Morgan fingerprint density at radius 3 is 2.43 bits per heavy atom. The van der Waals surface area contributed by atoms with Crippen LogP contribution in [0, 0.1) is 0 Å². The number of halogens is 2. The third-order valence-electron chi connectivity index (χ3n) is 2.89. The average Bonchev–Trinajstić information content (AvgIpc) is 2.50. The van der Waals surface area contributed by atoms with Crippen LogP contribution in [0.1, 0.15) is 0 Å². The molecule has 0 atom stereocenters. The predicted molar refractivity (Wildman–Crippen MR) is 76.9 cm³/mol. The van der Waals surface area contributed by atoms with Gasteiger partial charge in [-0.3, -0.25) is 4.55 Å². The highest BCUT2D eigenvalue weighted by Crippen LogP contribution is 2.25. The molecule has 2 rings (SSSR count). The third-order valence-corrected chi connectivity index (χ3v) is 3.70. The average molecular weight is 346 g/mol. The number of hydrogen-bond donors (Lipinski definition) is 1. The molecule has 23 heavy (non-hydrogen) atoms. The minimum Gasteiger partial charge on any atom is -0.489 e. The van der Waals surface area contributed by atoms with Gasteiger partial charge in [0.25, 0.3) is 0 Å². The van der Waals surface area contributed by atoms with E-state index < -0.39 is 27.9 Å². The lowest BCUT2D eigenvalue weighted by atomic mass is 10.1. The molecule has 0 saturated carbocycles. The van der Waals surface area contributed by atoms with Crippen molar-refractivity contribution in [1.29, 1.82) is 0 Å². The van der Waals surface area contributed by atoms with E-state index in [9.17, 15) is 22.0 Å². The molecule has 0 saturated heterocycles. The summed E-state index contributed by atoms with van der Waals surface area (Å²) in [4.78, 5) is 11.0. The standard InChI is InChI=1S/C14H12F2O6S/c15-14(16,23(18,19)20)13(17)22-9-8-21-12-7-3-5-10-4-1-2-6-11(10)12/h1-7H,8-9H2,(H,18,19,20). The van der Waals surface area contributed by atoms with Crippen molar-refractivity contribution in [3.05, 3.63) is 42.5 Å². The Labute approximate surface area is 130 Å². The summed E-state index contributed by atoms with van der Waals surface area (Å²) in [5.74, 6) is -1.90. The molecule has 6 nitrogen and oxygen atoms in total. The minimum atomic E-state index is -5.87. The fraction of sp³-hybridized carbons (Fsp3) is 0.214. The predicted octanol–water partition coefficient (Wildman–Crippen LogP) is 2.24. The van der Waals surface area contributed by atoms with Crippen molar-refractivity contribution in [3.63, 3.8) is 0 Å². The van der Waals surface area contributed by atoms with E-state index in [1.165, 1.54) is 0 Å². The first-order chi connectivity index (χ1) is 10.7. The summed E-state index contributed by atoms with van der Waals surface area (Å²) in [7, 11) is -5.87. The molecule has 0 heterocycles. The smallest absolute Gasteiger partial charge is 0.465 e. The normalized spacial score (nSPS) is 12.1. The lowest BCUT2D eigenvalue weighted by Crippen LogP contribution is -2.39. The first kappa shape index (κ1) is 17.1. The first-order valence-electron chi connectivity index (χ1n) is 6.36. The van der Waals surface area contributed by atoms with Gasteiger partial charge < -0.3 is 9.47 Å². The number of esters is 1. The summed E-state index contributed by atoms with van der Waals surface area (Å²) >= 11 is 0. The van der Waals surface area contributed by atoms with Crippen LogP contribution in [-0.4, -0.2) is 37.4 Å². The zero-order chi connectivity index (χ0) is 17.1. The molecule has 2 aromatic rings. The minimum absolute atomic E-state index is 0.263. The maximum absolute atomic E-state index is 12.9. The van der Waals surface area contributed by atoms with Crippen LogP contribution in [0.25, 0.3) is 10.8 Å². The van der Waals surface area contributed by atoms with E-state index in [1.807, 2.05) is 18.2 Å². The van der Waals surface area contributed by atoms with Gasteiger partial charge in [0.15, 0.2) is 0 Å². The van der Waals surface area contributed by atoms with Crippen LogP contribution >= 0.6 is 0 Å². The highest BCUT2D eigenvalue weighted by atomic mass is 32.2. The molecule has 0 radical (unpaired) electrons. The van der Waals surface area contributed by atoms with E-state index in [0.29, 0.717) is 5.75 Å². The zero-order valence-corrected chi connectivity index (χ0v) is 12.4. The molecule has 0 fully saturated rings. The third kappa shape index (κ3) is 3.74. The molecule has 0 bridgehead atoms. The molecular formula is C14H12F2O6S. The van der Waals surface area contributed by atoms with Crippen LogP contribution in [-0.2, 0) is 19.6 Å². The Kier molecular flexibility index (Phi) is 4.81. The van der Waals surface area contributed by atoms with Crippen LogP contribution in [0.2, 0.25) is 0 Å². The first-order valence-corrected chi connectivity index (χ1v) is 7.80. The van der Waals surface area contributed by atoms with Crippen molar-refractivity contribution < 1.29 is 36.0 Å². The number of carbonyl (C=O) groups excluding carboxylic acids is 1. The molecule has 0 aliphatic rings. The number of alkyl halides is 2. The van der Waals surface area contributed by atoms with Crippen molar-refractivity contribution in [1.82, 2.24) is 0 Å². The largest absolute Gasteiger partial charge is 0.489 e. The van der Waals surface area contributed by atoms with Gasteiger partial charge in [-0.25, -0.2) is 4.79 Å². The quantitative estimate of drug-likeness (QED) is 0.490. The van der Waals surface area contributed by atoms with Crippen LogP contribution in [0.4, 0.5) is 8.78 Å². The Bertz CT molecular complexity index is 814. The number of hydrogen-bond acceptors (Lipinski definition) is 5. The Morgan fingerprint density at radius 2 is 1.74 bits per heavy atom. The zero-order valence-electron chi connectivity index (χ0n) is 11.6. The van der Waals surface area contributed by atoms with Crippen LogP contribution in [0.15, 0.2) is 42.5 Å². The van der Waals surface area contributed by atoms with E-state index in [1.54, 1.807) is 24.3 Å². The van der Waals surface area contributed by atoms with E-state index in [0.717, 1.165) is 10.8 Å². The van der Waals surface area contributed by atoms with E-state index in [4.69, 9.17) is 9.29 Å². The number of fused-ring (bicyclic) bond motifs is 1. The molecule has 0 spiro atoms. The maximum Gasteiger partial charge on any atom is 0.465 e. The van der Waals surface area contributed by atoms with Crippen LogP contribution in [0.5, 0.6) is 5.75 Å². The van der Waals surface area contributed by atoms with Crippen LogP contribution < -0.4 is 4.74 Å². The van der Waals surface area contributed by atoms with Crippen molar-refractivity contribution in [2.24, 2.45) is 0 Å². The van der Waals surface area contributed by atoms with Crippen molar-refractivity contribution in [2.75, 3.05) is 13.2 Å². The number of rotatable bonds is 6. The number of ether oxygens (including phenoxy) is 2. The molecule has 0 unspecified atom stereocenters. The molecule has 9 heteroatoms. The monoisotopic (exact) mass is 346 g/mol. The van der Waals surface area contributed by atoms with Crippen molar-refractivity contribution in [3.8, 4) is 5.75 Å². The lowest BCUT2D eigenvalue weighted by molar-refractivity contribution is -0.162. The highest BCUT2D eigenvalue weighted by Gasteiger charge is 2.54. The molecule has 2 aromatic carbocycles. The van der Waals surface area contributed by atoms with E-state index in [-0.39, 0.29) is 6.61 Å². The molecule has 124 valence electrons. The van der Waals surface area contributed by atoms with Gasteiger partial charge in [-0.05, 0) is 11.5 Å². The fourth-order valence-corrected chi connectivity index (χ4v) is 2.07. The Balaban J connectivity index is 1.94. The topological polar surface area (TPSA) is 89.9 Å². The summed E-state index contributed by atoms with van der Waals surface area (Å²) < 4.78 is 64.3. The van der Waals surface area contributed by atoms with Crippen LogP contribution in [0.3, 0.4) is 0 Å². The summed E-state index contributed by atoms with van der Waals surface area (Å²) in [5, 5.41) is -3.32. The highest BCUT2D eigenvalue weighted by molar-refractivity contribution is 7.87. The van der Waals surface area contributed by atoms with Gasteiger partial charge in [-0.2, -0.15) is 17.2 Å². The fourth-order valence-electron chi connectivity index (χ4n) is 1.80. The Hall–Kier alpha value is -2.26. The molecular weight excluding hydrogens is 334 g/mol. The maximum atomic E-state index is 12.9. The summed E-state index contributed by atoms with van der Waals surface area (Å²) in [6, 6.07) is 12.5. The van der Waals surface area contributed by atoms with Gasteiger partial charge >= 0.3 is 21.3 Å². The molecule has 0 aromatic heterocycles. The molecule has 0 aliphatic heterocycles. The molecule has 0 aliphatic carbocycles. The van der Waals surface area contributed by atoms with Gasteiger partial charge in [-0.1, -0.05) is 36.4 Å². The van der Waals surface area contributed by atoms with Gasteiger partial charge in [0, 0.05) is 5.39 Å². The number of benzene rings is 2. The molecule has 0 amide bonds. The number of carbonyl (C=O) groups is 1. The van der Waals surface area contributed by atoms with E-state index in [2.05, 4.69) is 4.74 Å². The second kappa shape index (κ2) is 6.47. The summed E-state index contributed by atoms with van der Waals surface area (Å²) in [6.45, 7) is -0.867. The second-order valence-corrected chi connectivity index (χ2v) is 5.92. The summed E-state index contributed by atoms with van der Waals surface area (Å²) in [6.07, 6.45) is 0. The van der Waals surface area contributed by atoms with Crippen molar-refractivity contribution in [2.45, 2.75) is 5.25 Å². The van der Waals surface area contributed by atoms with Crippen molar-refractivity contribution >= 4 is 26.9 Å². The summed E-state index contributed by atoms with van der Waals surface area (Å²) in [5.41, 5.74) is 0. The second-order valence-electron chi connectivity index (χ2n) is 4.45. The SMILES string of the molecule is O=C(OCCOc1cccc2ccccc12)C(F)(F)S(=O)(=O)O. The lowest BCUT2D eigenvalue weighted by Gasteiger charge is -2.13. The Morgan fingerprint density at radius 1 is 1.09 bits per heavy atom. The molecule has 1 N–H and O–H groups in total. The van der Waals surface area contributed by atoms with E-state index >= 15 is 0 Å². The van der Waals surface area contributed by atoms with Gasteiger partial charge in [0.1, 0.15) is 19.0 Å². The van der Waals surface area contributed by atoms with Gasteiger partial charge in [0.05, 0.1) is 0 Å².